The Labute approximate surface area is 130 Å². The molecule has 1 nitrogen and oxygen atoms in total. The lowest BCUT2D eigenvalue weighted by atomic mass is 9.98. The largest absolute Gasteiger partial charge is 0.310 e. The first kappa shape index (κ1) is 15.3. The normalized spacial score (nSPS) is 12.3. The second-order valence-electron chi connectivity index (χ2n) is 5.04. The molecule has 0 aliphatic rings. The maximum absolute atomic E-state index is 3.58. The molecular formula is C18H22BrN. The van der Waals surface area contributed by atoms with Crippen LogP contribution in [0.4, 0.5) is 0 Å². The van der Waals surface area contributed by atoms with Crippen LogP contribution < -0.4 is 5.32 Å². The molecule has 0 bridgehead atoms. The van der Waals surface area contributed by atoms with Crippen LogP contribution in [0.15, 0.2) is 53.0 Å². The van der Waals surface area contributed by atoms with Crippen molar-refractivity contribution in [1.82, 2.24) is 5.32 Å². The fraction of sp³-hybridized carbons (Fsp3) is 0.333. The van der Waals surface area contributed by atoms with E-state index in [1.54, 1.807) is 0 Å². The molecule has 2 aromatic carbocycles. The Morgan fingerprint density at radius 2 is 1.70 bits per heavy atom. The summed E-state index contributed by atoms with van der Waals surface area (Å²) in [6, 6.07) is 17.9. The van der Waals surface area contributed by atoms with E-state index in [-0.39, 0.29) is 0 Å². The highest BCUT2D eigenvalue weighted by Crippen LogP contribution is 2.22. The van der Waals surface area contributed by atoms with E-state index in [4.69, 9.17) is 0 Å². The number of hydrogen-bond acceptors (Lipinski definition) is 1. The Morgan fingerprint density at radius 1 is 1.00 bits per heavy atom. The van der Waals surface area contributed by atoms with Gasteiger partial charge < -0.3 is 5.32 Å². The lowest BCUT2D eigenvalue weighted by molar-refractivity contribution is 0.549. The van der Waals surface area contributed by atoms with Crippen molar-refractivity contribution in [2.45, 2.75) is 32.7 Å². The second kappa shape index (κ2) is 7.61. The summed E-state index contributed by atoms with van der Waals surface area (Å²) in [6.07, 6.45) is 2.12. The van der Waals surface area contributed by atoms with Gasteiger partial charge in [0.1, 0.15) is 0 Å². The fourth-order valence-corrected chi connectivity index (χ4v) is 2.84. The zero-order valence-corrected chi connectivity index (χ0v) is 13.8. The molecule has 0 aromatic heterocycles. The summed E-state index contributed by atoms with van der Waals surface area (Å²) in [5, 5.41) is 3.58. The molecule has 1 atom stereocenters. The lowest BCUT2D eigenvalue weighted by Crippen LogP contribution is -2.22. The van der Waals surface area contributed by atoms with Crippen LogP contribution in [0, 0.1) is 0 Å². The Bertz CT molecular complexity index is 533. The van der Waals surface area contributed by atoms with Gasteiger partial charge in [0.25, 0.3) is 0 Å². The van der Waals surface area contributed by atoms with E-state index in [0.29, 0.717) is 6.04 Å². The van der Waals surface area contributed by atoms with Crippen LogP contribution in [0.1, 0.15) is 36.6 Å². The highest BCUT2D eigenvalue weighted by molar-refractivity contribution is 9.10. The molecule has 20 heavy (non-hydrogen) atoms. The molecule has 0 amide bonds. The summed E-state index contributed by atoms with van der Waals surface area (Å²) in [6.45, 7) is 5.33. The average molecular weight is 332 g/mol. The molecule has 0 fully saturated rings. The third-order valence-electron chi connectivity index (χ3n) is 3.57. The number of halogens is 1. The second-order valence-corrected chi connectivity index (χ2v) is 5.96. The van der Waals surface area contributed by atoms with Crippen LogP contribution in [0.2, 0.25) is 0 Å². The van der Waals surface area contributed by atoms with E-state index in [1.807, 2.05) is 0 Å². The van der Waals surface area contributed by atoms with Crippen LogP contribution in [-0.2, 0) is 12.8 Å². The van der Waals surface area contributed by atoms with Crippen LogP contribution in [0.3, 0.4) is 0 Å². The van der Waals surface area contributed by atoms with E-state index in [0.717, 1.165) is 23.9 Å². The quantitative estimate of drug-likeness (QED) is 0.793. The molecule has 0 spiro atoms. The van der Waals surface area contributed by atoms with Gasteiger partial charge in [0.05, 0.1) is 0 Å². The van der Waals surface area contributed by atoms with Gasteiger partial charge >= 0.3 is 0 Å². The molecule has 0 heterocycles. The van der Waals surface area contributed by atoms with Crippen molar-refractivity contribution in [3.05, 3.63) is 69.7 Å². The molecule has 1 N–H and O–H groups in total. The van der Waals surface area contributed by atoms with Crippen LogP contribution in [0.25, 0.3) is 0 Å². The molecule has 2 heteroatoms. The summed E-state index contributed by atoms with van der Waals surface area (Å²) >= 11 is 3.56. The van der Waals surface area contributed by atoms with Crippen molar-refractivity contribution in [2.24, 2.45) is 0 Å². The third kappa shape index (κ3) is 4.19. The predicted molar refractivity (Wildman–Crippen MR) is 90.1 cm³/mol. The number of rotatable bonds is 6. The topological polar surface area (TPSA) is 12.0 Å². The Kier molecular flexibility index (Phi) is 5.81. The van der Waals surface area contributed by atoms with Crippen molar-refractivity contribution in [3.8, 4) is 0 Å². The van der Waals surface area contributed by atoms with E-state index in [9.17, 15) is 0 Å². The molecule has 0 radical (unpaired) electrons. The van der Waals surface area contributed by atoms with Crippen molar-refractivity contribution < 1.29 is 0 Å². The molecular weight excluding hydrogens is 310 g/mol. The number of hydrogen-bond donors (Lipinski definition) is 1. The predicted octanol–water partition coefficient (Wildman–Crippen LogP) is 4.90. The molecule has 0 aliphatic carbocycles. The van der Waals surface area contributed by atoms with Crippen LogP contribution in [-0.4, -0.2) is 6.54 Å². The van der Waals surface area contributed by atoms with E-state index in [2.05, 4.69) is 83.6 Å². The summed E-state index contributed by atoms with van der Waals surface area (Å²) in [7, 11) is 0. The minimum absolute atomic E-state index is 0.366. The van der Waals surface area contributed by atoms with Crippen molar-refractivity contribution in [3.63, 3.8) is 0 Å². The van der Waals surface area contributed by atoms with Crippen molar-refractivity contribution in [2.75, 3.05) is 6.54 Å². The highest BCUT2D eigenvalue weighted by atomic mass is 79.9. The van der Waals surface area contributed by atoms with Gasteiger partial charge in [0.15, 0.2) is 0 Å². The zero-order chi connectivity index (χ0) is 14.4. The fourth-order valence-electron chi connectivity index (χ4n) is 2.42. The summed E-state index contributed by atoms with van der Waals surface area (Å²) in [5.74, 6) is 0. The Hall–Kier alpha value is -1.12. The number of nitrogens with one attached hydrogen (secondary N) is 1. The lowest BCUT2D eigenvalue weighted by Gasteiger charge is -2.19. The van der Waals surface area contributed by atoms with Gasteiger partial charge in [-0.25, -0.2) is 0 Å². The highest BCUT2D eigenvalue weighted by Gasteiger charge is 2.11. The van der Waals surface area contributed by atoms with Gasteiger partial charge in [0, 0.05) is 10.5 Å². The number of likely N-dealkylation sites (N-methyl/N-ethyl adjacent to an activating group) is 1. The first-order valence-corrected chi connectivity index (χ1v) is 8.09. The van der Waals surface area contributed by atoms with Crippen molar-refractivity contribution >= 4 is 15.9 Å². The van der Waals surface area contributed by atoms with Crippen molar-refractivity contribution in [1.29, 1.82) is 0 Å². The summed E-state index contributed by atoms with van der Waals surface area (Å²) in [4.78, 5) is 0. The van der Waals surface area contributed by atoms with E-state index >= 15 is 0 Å². The summed E-state index contributed by atoms with van der Waals surface area (Å²) in [5.41, 5.74) is 4.12. The molecule has 0 aliphatic heterocycles. The van der Waals surface area contributed by atoms with Gasteiger partial charge in [-0.2, -0.15) is 0 Å². The molecule has 2 aromatic rings. The molecule has 1 unspecified atom stereocenters. The molecule has 0 saturated carbocycles. The van der Waals surface area contributed by atoms with E-state index in [1.165, 1.54) is 16.7 Å². The van der Waals surface area contributed by atoms with Gasteiger partial charge in [0.2, 0.25) is 0 Å². The maximum atomic E-state index is 3.58. The monoisotopic (exact) mass is 331 g/mol. The number of benzene rings is 2. The first-order chi connectivity index (χ1) is 9.72. The van der Waals surface area contributed by atoms with E-state index < -0.39 is 0 Å². The van der Waals surface area contributed by atoms with Crippen LogP contribution in [0.5, 0.6) is 0 Å². The third-order valence-corrected chi connectivity index (χ3v) is 4.07. The van der Waals surface area contributed by atoms with Gasteiger partial charge in [-0.3, -0.25) is 0 Å². The maximum Gasteiger partial charge on any atom is 0.0361 e. The molecule has 2 rings (SSSR count). The Balaban J connectivity index is 2.16. The van der Waals surface area contributed by atoms with Gasteiger partial charge in [-0.1, -0.05) is 66.2 Å². The first-order valence-electron chi connectivity index (χ1n) is 7.29. The standard InChI is InChI=1S/C18H22BrN/c1-3-14-8-10-15(11-9-14)12-18(20-4-2)16-6-5-7-17(19)13-16/h5-11,13,18,20H,3-4,12H2,1-2H3. The smallest absolute Gasteiger partial charge is 0.0361 e. The van der Waals surface area contributed by atoms with Crippen LogP contribution >= 0.6 is 15.9 Å². The zero-order valence-electron chi connectivity index (χ0n) is 12.2. The average Bonchev–Trinajstić information content (AvgIpc) is 2.47. The minimum atomic E-state index is 0.366. The minimum Gasteiger partial charge on any atom is -0.310 e. The SMILES string of the molecule is CCNC(Cc1ccc(CC)cc1)c1cccc(Br)c1. The molecule has 0 saturated heterocycles. The number of aryl methyl sites for hydroxylation is 1. The Morgan fingerprint density at radius 3 is 2.30 bits per heavy atom. The van der Waals surface area contributed by atoms with Gasteiger partial charge in [-0.05, 0) is 48.2 Å². The van der Waals surface area contributed by atoms with Gasteiger partial charge in [-0.15, -0.1) is 0 Å². The summed E-state index contributed by atoms with van der Waals surface area (Å²) < 4.78 is 1.14. The molecule has 106 valence electrons.